The molecule has 2 aromatic rings. The normalized spacial score (nSPS) is 10.2. The highest BCUT2D eigenvalue weighted by molar-refractivity contribution is 5.14. The maximum Gasteiger partial charge on any atom is 0.183 e. The van der Waals surface area contributed by atoms with Gasteiger partial charge in [-0.25, -0.2) is 4.57 Å². The van der Waals surface area contributed by atoms with Crippen molar-refractivity contribution in [2.45, 2.75) is 32.7 Å². The van der Waals surface area contributed by atoms with Crippen molar-refractivity contribution in [1.29, 1.82) is 0 Å². The Balaban J connectivity index is 0.00000162. The van der Waals surface area contributed by atoms with Crippen molar-refractivity contribution in [3.63, 3.8) is 0 Å². The van der Waals surface area contributed by atoms with Crippen LogP contribution >= 0.6 is 0 Å². The molecule has 0 atom stereocenters. The number of hydrogen-bond acceptors (Lipinski definition) is 0. The van der Waals surface area contributed by atoms with Crippen LogP contribution in [0.5, 0.6) is 0 Å². The van der Waals surface area contributed by atoms with E-state index in [0.29, 0.717) is 5.92 Å². The SMILES string of the molecule is CC(C)c1cccc[n+]1CCc1ccccc1.[Br-]. The van der Waals surface area contributed by atoms with Crippen molar-refractivity contribution in [2.24, 2.45) is 0 Å². The second kappa shape index (κ2) is 7.32. The Morgan fingerprint density at radius 2 is 1.61 bits per heavy atom. The van der Waals surface area contributed by atoms with Gasteiger partial charge in [0.05, 0.1) is 0 Å². The molecule has 0 saturated heterocycles. The first kappa shape index (κ1) is 14.9. The molecule has 18 heavy (non-hydrogen) atoms. The Hall–Kier alpha value is -1.15. The van der Waals surface area contributed by atoms with Crippen molar-refractivity contribution in [2.75, 3.05) is 0 Å². The second-order valence-corrected chi connectivity index (χ2v) is 4.71. The summed E-state index contributed by atoms with van der Waals surface area (Å²) in [5, 5.41) is 0. The molecule has 0 aliphatic heterocycles. The molecule has 0 unspecified atom stereocenters. The molecule has 0 saturated carbocycles. The van der Waals surface area contributed by atoms with Gasteiger partial charge in [-0.2, -0.15) is 0 Å². The smallest absolute Gasteiger partial charge is 0.183 e. The van der Waals surface area contributed by atoms with Gasteiger partial charge in [0, 0.05) is 24.5 Å². The Morgan fingerprint density at radius 1 is 0.944 bits per heavy atom. The van der Waals surface area contributed by atoms with Gasteiger partial charge in [-0.1, -0.05) is 50.2 Å². The monoisotopic (exact) mass is 305 g/mol. The summed E-state index contributed by atoms with van der Waals surface area (Å²) < 4.78 is 2.36. The summed E-state index contributed by atoms with van der Waals surface area (Å²) >= 11 is 0. The van der Waals surface area contributed by atoms with Crippen molar-refractivity contribution < 1.29 is 21.5 Å². The van der Waals surface area contributed by atoms with E-state index >= 15 is 0 Å². The molecule has 96 valence electrons. The number of pyridine rings is 1. The van der Waals surface area contributed by atoms with Crippen molar-refractivity contribution in [1.82, 2.24) is 0 Å². The van der Waals surface area contributed by atoms with Crippen LogP contribution in [0.3, 0.4) is 0 Å². The molecule has 0 spiro atoms. The standard InChI is InChI=1S/C16H20N.BrH/c1-14(2)16-10-6-7-12-17(16)13-11-15-8-4-3-5-9-15;/h3-10,12,14H,11,13H2,1-2H3;1H/q+1;/p-1. The van der Waals surface area contributed by atoms with E-state index in [4.69, 9.17) is 0 Å². The predicted molar refractivity (Wildman–Crippen MR) is 70.9 cm³/mol. The van der Waals surface area contributed by atoms with E-state index in [2.05, 4.69) is 73.1 Å². The van der Waals surface area contributed by atoms with Crippen molar-refractivity contribution >= 4 is 0 Å². The molecule has 0 aliphatic carbocycles. The summed E-state index contributed by atoms with van der Waals surface area (Å²) in [7, 11) is 0. The van der Waals surface area contributed by atoms with Crippen LogP contribution < -0.4 is 21.5 Å². The first-order valence-electron chi connectivity index (χ1n) is 6.29. The Bertz CT molecular complexity index is 466. The van der Waals surface area contributed by atoms with E-state index < -0.39 is 0 Å². The summed E-state index contributed by atoms with van der Waals surface area (Å²) in [6.45, 7) is 5.54. The number of nitrogens with zero attached hydrogens (tertiary/aromatic N) is 1. The van der Waals surface area contributed by atoms with Crippen LogP contribution in [-0.4, -0.2) is 0 Å². The number of rotatable bonds is 4. The zero-order valence-corrected chi connectivity index (χ0v) is 12.6. The third-order valence-corrected chi connectivity index (χ3v) is 3.05. The number of aromatic nitrogens is 1. The highest BCUT2D eigenvalue weighted by Crippen LogP contribution is 2.08. The van der Waals surface area contributed by atoms with Crippen LogP contribution in [0.25, 0.3) is 0 Å². The van der Waals surface area contributed by atoms with Crippen LogP contribution in [0.2, 0.25) is 0 Å². The van der Waals surface area contributed by atoms with E-state index in [-0.39, 0.29) is 17.0 Å². The van der Waals surface area contributed by atoms with Gasteiger partial charge < -0.3 is 17.0 Å². The van der Waals surface area contributed by atoms with E-state index in [1.165, 1.54) is 11.3 Å². The molecule has 1 heterocycles. The molecule has 0 fully saturated rings. The molecule has 2 rings (SSSR count). The fourth-order valence-corrected chi connectivity index (χ4v) is 2.11. The molecule has 0 amide bonds. The Kier molecular flexibility index (Phi) is 6.06. The van der Waals surface area contributed by atoms with Gasteiger partial charge in [0.15, 0.2) is 18.4 Å². The predicted octanol–water partition coefficient (Wildman–Crippen LogP) is 0.344. The third-order valence-electron chi connectivity index (χ3n) is 3.05. The van der Waals surface area contributed by atoms with Gasteiger partial charge in [0.25, 0.3) is 0 Å². The summed E-state index contributed by atoms with van der Waals surface area (Å²) in [5.74, 6) is 0.576. The average molecular weight is 306 g/mol. The zero-order valence-electron chi connectivity index (χ0n) is 11.0. The van der Waals surface area contributed by atoms with Crippen LogP contribution in [0.15, 0.2) is 54.7 Å². The molecular formula is C16H20BrN. The molecular weight excluding hydrogens is 286 g/mol. The fraction of sp³-hybridized carbons (Fsp3) is 0.312. The molecule has 0 N–H and O–H groups in total. The lowest BCUT2D eigenvalue weighted by molar-refractivity contribution is -0.704. The summed E-state index contributed by atoms with van der Waals surface area (Å²) in [4.78, 5) is 0. The fourth-order valence-electron chi connectivity index (χ4n) is 2.11. The van der Waals surface area contributed by atoms with E-state index in [1.54, 1.807) is 0 Å². The molecule has 2 heteroatoms. The zero-order chi connectivity index (χ0) is 12.1. The summed E-state index contributed by atoms with van der Waals surface area (Å²) in [6.07, 6.45) is 3.27. The van der Waals surface area contributed by atoms with Gasteiger partial charge in [-0.3, -0.25) is 0 Å². The molecule has 1 aromatic heterocycles. The molecule has 1 nitrogen and oxygen atoms in total. The average Bonchev–Trinajstić information content (AvgIpc) is 2.38. The second-order valence-electron chi connectivity index (χ2n) is 4.71. The molecule has 0 aliphatic rings. The first-order valence-corrected chi connectivity index (χ1v) is 6.29. The van der Waals surface area contributed by atoms with Crippen LogP contribution in [0.4, 0.5) is 0 Å². The minimum atomic E-state index is 0. The molecule has 0 bridgehead atoms. The number of halogens is 1. The van der Waals surface area contributed by atoms with Gasteiger partial charge in [-0.15, -0.1) is 0 Å². The maximum absolute atomic E-state index is 2.36. The highest BCUT2D eigenvalue weighted by atomic mass is 79.9. The van der Waals surface area contributed by atoms with Crippen LogP contribution in [-0.2, 0) is 13.0 Å². The maximum atomic E-state index is 2.36. The lowest BCUT2D eigenvalue weighted by atomic mass is 10.1. The van der Waals surface area contributed by atoms with Crippen LogP contribution in [0, 0.1) is 0 Å². The highest BCUT2D eigenvalue weighted by Gasteiger charge is 2.12. The van der Waals surface area contributed by atoms with Gasteiger partial charge in [-0.05, 0) is 5.56 Å². The van der Waals surface area contributed by atoms with Crippen molar-refractivity contribution in [3.8, 4) is 0 Å². The quantitative estimate of drug-likeness (QED) is 0.718. The third kappa shape index (κ3) is 3.95. The van der Waals surface area contributed by atoms with E-state index in [0.717, 1.165) is 13.0 Å². The van der Waals surface area contributed by atoms with Gasteiger partial charge >= 0.3 is 0 Å². The lowest BCUT2D eigenvalue weighted by Gasteiger charge is -2.06. The summed E-state index contributed by atoms with van der Waals surface area (Å²) in [6, 6.07) is 17.1. The minimum Gasteiger partial charge on any atom is -1.00 e. The van der Waals surface area contributed by atoms with E-state index in [1.807, 2.05) is 0 Å². The van der Waals surface area contributed by atoms with Gasteiger partial charge in [0.1, 0.15) is 0 Å². The first-order chi connectivity index (χ1) is 8.27. The Labute approximate surface area is 120 Å². The number of aryl methyl sites for hydroxylation is 2. The number of hydrogen-bond donors (Lipinski definition) is 0. The van der Waals surface area contributed by atoms with Crippen molar-refractivity contribution in [3.05, 3.63) is 66.0 Å². The Morgan fingerprint density at radius 3 is 2.28 bits per heavy atom. The minimum absolute atomic E-state index is 0. The van der Waals surface area contributed by atoms with Gasteiger partial charge in [0.2, 0.25) is 0 Å². The summed E-state index contributed by atoms with van der Waals surface area (Å²) in [5.41, 5.74) is 2.81. The lowest BCUT2D eigenvalue weighted by Crippen LogP contribution is -3.00. The van der Waals surface area contributed by atoms with E-state index in [9.17, 15) is 0 Å². The number of benzene rings is 1. The largest absolute Gasteiger partial charge is 1.00 e. The molecule has 0 radical (unpaired) electrons. The van der Waals surface area contributed by atoms with Crippen LogP contribution in [0.1, 0.15) is 31.0 Å². The molecule has 1 aromatic carbocycles. The topological polar surface area (TPSA) is 3.88 Å².